The second-order valence-corrected chi connectivity index (χ2v) is 7.91. The summed E-state index contributed by atoms with van der Waals surface area (Å²) in [6.07, 6.45) is -3.96. The minimum atomic E-state index is -4.64. The summed E-state index contributed by atoms with van der Waals surface area (Å²) < 4.78 is 69.4. The molecule has 2 aromatic rings. The number of piperidine rings is 1. The van der Waals surface area contributed by atoms with Gasteiger partial charge in [0.1, 0.15) is 6.26 Å². The Bertz CT molecular complexity index is 996. The fourth-order valence-corrected chi connectivity index (χ4v) is 4.06. The van der Waals surface area contributed by atoms with E-state index in [2.05, 4.69) is 25.0 Å². The smallest absolute Gasteiger partial charge is 0.363 e. The van der Waals surface area contributed by atoms with Crippen molar-refractivity contribution >= 4 is 27.6 Å². The Balaban J connectivity index is 1.60. The van der Waals surface area contributed by atoms with Crippen LogP contribution in [0.25, 0.3) is 0 Å². The molecule has 1 fully saturated rings. The molecule has 0 aliphatic carbocycles. The molecule has 156 valence electrons. The van der Waals surface area contributed by atoms with Gasteiger partial charge in [-0.15, -0.1) is 0 Å². The van der Waals surface area contributed by atoms with Crippen LogP contribution >= 0.6 is 0 Å². The van der Waals surface area contributed by atoms with Crippen LogP contribution in [0, 0.1) is 0 Å². The van der Waals surface area contributed by atoms with Crippen molar-refractivity contribution in [1.29, 1.82) is 0 Å². The van der Waals surface area contributed by atoms with Gasteiger partial charge in [-0.1, -0.05) is 16.4 Å². The zero-order chi connectivity index (χ0) is 21.1. The predicted octanol–water partition coefficient (Wildman–Crippen LogP) is 3.08. The van der Waals surface area contributed by atoms with Crippen LogP contribution in [0.2, 0.25) is 0 Å². The molecule has 3 rings (SSSR count). The van der Waals surface area contributed by atoms with Crippen LogP contribution in [0.4, 0.5) is 23.8 Å². The molecule has 0 spiro atoms. The number of carbonyl (C=O) groups excluding carboxylic acids is 1. The highest BCUT2D eigenvalue weighted by atomic mass is 32.2. The van der Waals surface area contributed by atoms with Crippen LogP contribution in [0.3, 0.4) is 0 Å². The average Bonchev–Trinajstić information content (AvgIpc) is 3.19. The third-order valence-corrected chi connectivity index (χ3v) is 5.92. The predicted molar refractivity (Wildman–Crippen MR) is 93.5 cm³/mol. The van der Waals surface area contributed by atoms with Crippen molar-refractivity contribution in [2.45, 2.75) is 23.9 Å². The van der Waals surface area contributed by atoms with Gasteiger partial charge in [-0.05, 0) is 18.2 Å². The van der Waals surface area contributed by atoms with Crippen LogP contribution in [-0.4, -0.2) is 42.8 Å². The van der Waals surface area contributed by atoms with E-state index in [1.165, 1.54) is 12.3 Å². The Morgan fingerprint density at radius 2 is 1.97 bits per heavy atom. The molecule has 0 saturated carbocycles. The number of alkyl halides is 3. The first-order chi connectivity index (χ1) is 13.7. The number of benzene rings is 1. The van der Waals surface area contributed by atoms with Gasteiger partial charge < -0.3 is 4.52 Å². The number of carbonyl (C=O) groups is 1. The van der Waals surface area contributed by atoms with Crippen LogP contribution in [0.15, 0.2) is 51.2 Å². The van der Waals surface area contributed by atoms with Crippen molar-refractivity contribution in [3.8, 4) is 0 Å². The lowest BCUT2D eigenvalue weighted by molar-refractivity contribution is -0.137. The maximum atomic E-state index is 12.8. The van der Waals surface area contributed by atoms with E-state index < -0.39 is 32.8 Å². The van der Waals surface area contributed by atoms with Gasteiger partial charge in [-0.3, -0.25) is 10.2 Å². The first kappa shape index (κ1) is 20.8. The van der Waals surface area contributed by atoms with Gasteiger partial charge in [0, 0.05) is 32.0 Å². The zero-order valence-electron chi connectivity index (χ0n) is 14.7. The standard InChI is InChI=1S/C16H15F3N4O5S/c17-16(18,19)11-2-1-3-13(10-11)29(25,26)23-7-4-12(5-8-23)21-28-15(24)20-14-6-9-27-22-14/h1-3,6,9-10H,4-5,7-8H2,(H,20,22,24). The highest BCUT2D eigenvalue weighted by molar-refractivity contribution is 7.89. The Hall–Kier alpha value is -2.93. The zero-order valence-corrected chi connectivity index (χ0v) is 15.5. The van der Waals surface area contributed by atoms with Crippen LogP contribution < -0.4 is 5.32 Å². The highest BCUT2D eigenvalue weighted by Crippen LogP contribution is 2.31. The number of rotatable bonds is 4. The molecule has 1 saturated heterocycles. The topological polar surface area (TPSA) is 114 Å². The molecule has 0 atom stereocenters. The lowest BCUT2D eigenvalue weighted by Gasteiger charge is -2.26. The molecule has 1 aliphatic heterocycles. The Kier molecular flexibility index (Phi) is 5.88. The average molecular weight is 432 g/mol. The Morgan fingerprint density at radius 1 is 1.24 bits per heavy atom. The van der Waals surface area contributed by atoms with Crippen molar-refractivity contribution in [3.63, 3.8) is 0 Å². The van der Waals surface area contributed by atoms with Crippen molar-refractivity contribution in [3.05, 3.63) is 42.2 Å². The molecule has 0 radical (unpaired) electrons. The number of oxime groups is 1. The summed E-state index contributed by atoms with van der Waals surface area (Å²) in [6.45, 7) is -0.0165. The molecule has 13 heteroatoms. The molecule has 1 amide bonds. The second kappa shape index (κ2) is 8.21. The molecule has 2 heterocycles. The molecule has 0 bridgehead atoms. The second-order valence-electron chi connectivity index (χ2n) is 5.98. The van der Waals surface area contributed by atoms with E-state index in [1.54, 1.807) is 0 Å². The number of nitrogens with one attached hydrogen (secondary N) is 1. The Labute approximate surface area is 163 Å². The van der Waals surface area contributed by atoms with E-state index in [-0.39, 0.29) is 31.7 Å². The van der Waals surface area contributed by atoms with Gasteiger partial charge >= 0.3 is 12.3 Å². The van der Waals surface area contributed by atoms with E-state index in [0.717, 1.165) is 22.5 Å². The number of halogens is 3. The lowest BCUT2D eigenvalue weighted by atomic mass is 10.1. The van der Waals surface area contributed by atoms with Gasteiger partial charge in [0.05, 0.1) is 16.2 Å². The fraction of sp³-hybridized carbons (Fsp3) is 0.312. The molecule has 1 aromatic carbocycles. The number of anilines is 1. The molecule has 9 nitrogen and oxygen atoms in total. The highest BCUT2D eigenvalue weighted by Gasteiger charge is 2.33. The molecular weight excluding hydrogens is 417 g/mol. The molecule has 0 unspecified atom stereocenters. The van der Waals surface area contributed by atoms with Gasteiger partial charge in [0.2, 0.25) is 10.0 Å². The number of aromatic nitrogens is 1. The summed E-state index contributed by atoms with van der Waals surface area (Å²) in [5, 5.41) is 9.40. The summed E-state index contributed by atoms with van der Waals surface area (Å²) in [7, 11) is -4.09. The van der Waals surface area contributed by atoms with Crippen molar-refractivity contribution in [1.82, 2.24) is 9.46 Å². The largest absolute Gasteiger partial charge is 0.439 e. The SMILES string of the molecule is O=C(Nc1ccon1)ON=C1CCN(S(=O)(=O)c2cccc(C(F)(F)F)c2)CC1. The van der Waals surface area contributed by atoms with Crippen molar-refractivity contribution < 1.29 is 35.7 Å². The maximum absolute atomic E-state index is 12.8. The summed E-state index contributed by atoms with van der Waals surface area (Å²) in [5.41, 5.74) is -0.597. The van der Waals surface area contributed by atoms with E-state index in [9.17, 15) is 26.4 Å². The number of amides is 1. The fourth-order valence-electron chi connectivity index (χ4n) is 2.57. The number of hydrogen-bond acceptors (Lipinski definition) is 7. The molecule has 1 N–H and O–H groups in total. The van der Waals surface area contributed by atoms with Crippen LogP contribution in [0.1, 0.15) is 18.4 Å². The summed E-state index contributed by atoms with van der Waals surface area (Å²) in [5.74, 6) is 0.136. The summed E-state index contributed by atoms with van der Waals surface area (Å²) >= 11 is 0. The van der Waals surface area contributed by atoms with Crippen LogP contribution in [0.5, 0.6) is 0 Å². The van der Waals surface area contributed by atoms with Gasteiger partial charge in [0.15, 0.2) is 5.82 Å². The van der Waals surface area contributed by atoms with Gasteiger partial charge in [0.25, 0.3) is 0 Å². The third kappa shape index (κ3) is 5.12. The van der Waals surface area contributed by atoms with Crippen molar-refractivity contribution in [2.24, 2.45) is 5.16 Å². The van der Waals surface area contributed by atoms with Gasteiger partial charge in [-0.2, -0.15) is 17.5 Å². The molecule has 1 aliphatic rings. The van der Waals surface area contributed by atoms with E-state index in [4.69, 9.17) is 0 Å². The van der Waals surface area contributed by atoms with Crippen molar-refractivity contribution in [2.75, 3.05) is 18.4 Å². The lowest BCUT2D eigenvalue weighted by Crippen LogP contribution is -2.38. The van der Waals surface area contributed by atoms with Crippen LogP contribution in [-0.2, 0) is 21.0 Å². The molecular formula is C16H15F3N4O5S. The van der Waals surface area contributed by atoms with E-state index in [0.29, 0.717) is 11.8 Å². The van der Waals surface area contributed by atoms with Gasteiger partial charge in [-0.25, -0.2) is 13.2 Å². The Morgan fingerprint density at radius 3 is 2.59 bits per heavy atom. The minimum absolute atomic E-state index is 0.00826. The minimum Gasteiger partial charge on any atom is -0.363 e. The summed E-state index contributed by atoms with van der Waals surface area (Å²) in [4.78, 5) is 15.8. The first-order valence-corrected chi connectivity index (χ1v) is 9.72. The van der Waals surface area contributed by atoms with E-state index >= 15 is 0 Å². The normalized spacial score (nSPS) is 15.8. The monoisotopic (exact) mass is 432 g/mol. The maximum Gasteiger partial charge on any atom is 0.439 e. The first-order valence-electron chi connectivity index (χ1n) is 8.28. The third-order valence-electron chi connectivity index (χ3n) is 4.02. The molecule has 1 aromatic heterocycles. The molecule has 29 heavy (non-hydrogen) atoms. The summed E-state index contributed by atoms with van der Waals surface area (Å²) in [6, 6.07) is 4.97. The van der Waals surface area contributed by atoms with E-state index in [1.807, 2.05) is 0 Å². The quantitative estimate of drug-likeness (QED) is 0.587. The number of nitrogens with zero attached hydrogens (tertiary/aromatic N) is 3. The number of sulfonamides is 1. The number of hydrogen-bond donors (Lipinski definition) is 1.